The van der Waals surface area contributed by atoms with Gasteiger partial charge in [0.25, 0.3) is 0 Å². The molecule has 0 aliphatic heterocycles. The average Bonchev–Trinajstić information content (AvgIpc) is 3.26. The van der Waals surface area contributed by atoms with Crippen molar-refractivity contribution in [2.75, 3.05) is 10.6 Å². The highest BCUT2D eigenvalue weighted by Gasteiger charge is 2.24. The van der Waals surface area contributed by atoms with Crippen LogP contribution in [0.3, 0.4) is 0 Å². The molecule has 27 heavy (non-hydrogen) atoms. The fourth-order valence-electron chi connectivity index (χ4n) is 3.36. The van der Waals surface area contributed by atoms with Gasteiger partial charge in [0.1, 0.15) is 0 Å². The molecule has 1 aliphatic carbocycles. The Morgan fingerprint density at radius 2 is 1.81 bits per heavy atom. The molecule has 1 heterocycles. The summed E-state index contributed by atoms with van der Waals surface area (Å²) in [7, 11) is 0. The van der Waals surface area contributed by atoms with Gasteiger partial charge in [0, 0.05) is 28.5 Å². The number of urea groups is 1. The highest BCUT2D eigenvalue weighted by atomic mass is 35.5. The maximum absolute atomic E-state index is 12.2. The summed E-state index contributed by atoms with van der Waals surface area (Å²) >= 11 is 6.10. The molecule has 2 amide bonds. The number of hydrogen-bond acceptors (Lipinski definition) is 2. The van der Waals surface area contributed by atoms with Gasteiger partial charge < -0.3 is 15.6 Å². The van der Waals surface area contributed by atoms with E-state index < -0.39 is 0 Å². The van der Waals surface area contributed by atoms with E-state index in [2.05, 4.69) is 26.7 Å². The molecule has 3 N–H and O–H groups in total. The highest BCUT2D eigenvalue weighted by molar-refractivity contribution is 6.31. The topological polar surface area (TPSA) is 69.8 Å². The molecule has 0 bridgehead atoms. The van der Waals surface area contributed by atoms with Crippen LogP contribution in [-0.4, -0.2) is 16.0 Å². The lowest BCUT2D eigenvalue weighted by Crippen LogP contribution is -2.19. The molecule has 1 atom stereocenters. The first-order valence-corrected chi connectivity index (χ1v) is 8.91. The van der Waals surface area contributed by atoms with E-state index in [-0.39, 0.29) is 18.4 Å². The van der Waals surface area contributed by atoms with E-state index in [1.54, 1.807) is 12.4 Å². The maximum Gasteiger partial charge on any atom is 0.323 e. The van der Waals surface area contributed by atoms with Gasteiger partial charge in [-0.3, -0.25) is 0 Å². The van der Waals surface area contributed by atoms with Gasteiger partial charge in [0.05, 0.1) is 12.0 Å². The van der Waals surface area contributed by atoms with E-state index in [1.807, 2.05) is 37.4 Å². The van der Waals surface area contributed by atoms with E-state index in [1.165, 1.54) is 11.1 Å². The fraction of sp³-hybridized carbons (Fsp3) is 0.200. The van der Waals surface area contributed by atoms with Crippen molar-refractivity contribution in [2.24, 2.45) is 0 Å². The molecule has 140 valence electrons. The van der Waals surface area contributed by atoms with Gasteiger partial charge in [-0.2, -0.15) is 0 Å². The lowest BCUT2D eigenvalue weighted by atomic mass is 10.0. The van der Waals surface area contributed by atoms with E-state index in [9.17, 15) is 4.79 Å². The predicted octanol–water partition coefficient (Wildman–Crippen LogP) is 5.32. The van der Waals surface area contributed by atoms with E-state index in [4.69, 9.17) is 11.6 Å². The monoisotopic (exact) mass is 402 g/mol. The number of carbonyl (C=O) groups excluding carboxylic acids is 1. The van der Waals surface area contributed by atoms with E-state index in [0.29, 0.717) is 16.6 Å². The number of fused-ring (bicyclic) bond motifs is 1. The van der Waals surface area contributed by atoms with Crippen LogP contribution in [0, 0.1) is 6.92 Å². The Kier molecular flexibility index (Phi) is 5.73. The van der Waals surface area contributed by atoms with Crippen molar-refractivity contribution in [3.63, 3.8) is 0 Å². The number of nitrogens with zero attached hydrogens (tertiary/aromatic N) is 1. The number of rotatable bonds is 3. The van der Waals surface area contributed by atoms with Crippen molar-refractivity contribution in [1.29, 1.82) is 0 Å². The molecule has 1 aliphatic rings. The normalized spacial score (nSPS) is 15.0. The molecule has 0 radical (unpaired) electrons. The summed E-state index contributed by atoms with van der Waals surface area (Å²) in [5, 5.41) is 6.33. The third kappa shape index (κ3) is 4.26. The van der Waals surface area contributed by atoms with Gasteiger partial charge in [0.15, 0.2) is 0 Å². The SMILES string of the molecule is Cc1ccc(NC(=O)Nc2ccc3c(c2)CC(c2c[nH]cn2)C3)cc1Cl.Cl. The molecule has 5 nitrogen and oxygen atoms in total. The molecule has 4 rings (SSSR count). The largest absolute Gasteiger partial charge is 0.351 e. The maximum atomic E-state index is 12.2. The third-order valence-corrected chi connectivity index (χ3v) is 5.17. The van der Waals surface area contributed by atoms with E-state index in [0.717, 1.165) is 29.8 Å². The molecule has 0 saturated carbocycles. The van der Waals surface area contributed by atoms with Crippen molar-refractivity contribution >= 4 is 41.4 Å². The fourth-order valence-corrected chi connectivity index (χ4v) is 3.54. The number of amides is 2. The first-order valence-electron chi connectivity index (χ1n) is 8.53. The van der Waals surface area contributed by atoms with Crippen LogP contribution in [0.1, 0.15) is 28.3 Å². The zero-order valence-corrected chi connectivity index (χ0v) is 16.3. The first-order chi connectivity index (χ1) is 12.6. The number of H-pyrrole nitrogens is 1. The van der Waals surface area contributed by atoms with Gasteiger partial charge in [-0.15, -0.1) is 12.4 Å². The quantitative estimate of drug-likeness (QED) is 0.554. The molecule has 2 aromatic carbocycles. The highest BCUT2D eigenvalue weighted by Crippen LogP contribution is 2.34. The van der Waals surface area contributed by atoms with Gasteiger partial charge >= 0.3 is 6.03 Å². The number of halogens is 2. The Hall–Kier alpha value is -2.50. The third-order valence-electron chi connectivity index (χ3n) is 4.76. The number of nitrogens with one attached hydrogen (secondary N) is 3. The summed E-state index contributed by atoms with van der Waals surface area (Å²) in [6.45, 7) is 1.92. The Bertz CT molecular complexity index is 957. The number of aromatic nitrogens is 2. The van der Waals surface area contributed by atoms with E-state index >= 15 is 0 Å². The van der Waals surface area contributed by atoms with Crippen LogP contribution >= 0.6 is 24.0 Å². The van der Waals surface area contributed by atoms with Crippen LogP contribution in [-0.2, 0) is 12.8 Å². The van der Waals surface area contributed by atoms with Gasteiger partial charge in [-0.25, -0.2) is 9.78 Å². The molecular formula is C20H20Cl2N4O. The molecule has 0 spiro atoms. The van der Waals surface area contributed by atoms with Crippen LogP contribution in [0.2, 0.25) is 5.02 Å². The number of benzene rings is 2. The zero-order chi connectivity index (χ0) is 18.1. The molecule has 1 aromatic heterocycles. The molecule has 0 saturated heterocycles. The summed E-state index contributed by atoms with van der Waals surface area (Å²) in [6.07, 6.45) is 5.59. The van der Waals surface area contributed by atoms with Crippen LogP contribution in [0.5, 0.6) is 0 Å². The second-order valence-electron chi connectivity index (χ2n) is 6.63. The van der Waals surface area contributed by atoms with Gasteiger partial charge in [-0.05, 0) is 60.7 Å². The summed E-state index contributed by atoms with van der Waals surface area (Å²) < 4.78 is 0. The van der Waals surface area contributed by atoms with Gasteiger partial charge in [0.2, 0.25) is 0 Å². The standard InChI is InChI=1S/C20H19ClN4O.ClH/c1-12-2-4-17(9-18(12)21)25-20(26)24-16-5-3-13-6-15(7-14(13)8-16)19-10-22-11-23-19;/h2-5,8-11,15H,6-7H2,1H3,(H,22,23)(H2,24,25,26);1H. The van der Waals surface area contributed by atoms with Crippen molar-refractivity contribution in [3.8, 4) is 0 Å². The lowest BCUT2D eigenvalue weighted by Gasteiger charge is -2.10. The average molecular weight is 403 g/mol. The van der Waals surface area contributed by atoms with Crippen LogP contribution in [0.25, 0.3) is 0 Å². The Morgan fingerprint density at radius 3 is 2.52 bits per heavy atom. The van der Waals surface area contributed by atoms with Crippen molar-refractivity contribution < 1.29 is 4.79 Å². The first kappa shape index (κ1) is 19.3. The summed E-state index contributed by atoms with van der Waals surface area (Å²) in [5.41, 5.74) is 6.08. The predicted molar refractivity (Wildman–Crippen MR) is 111 cm³/mol. The number of aromatic amines is 1. The number of carbonyl (C=O) groups is 1. The zero-order valence-electron chi connectivity index (χ0n) is 14.8. The van der Waals surface area contributed by atoms with Crippen LogP contribution in [0.4, 0.5) is 16.2 Å². The summed E-state index contributed by atoms with van der Waals surface area (Å²) in [6, 6.07) is 11.2. The number of aryl methyl sites for hydroxylation is 1. The summed E-state index contributed by atoms with van der Waals surface area (Å²) in [5.74, 6) is 0.398. The molecule has 1 unspecified atom stereocenters. The van der Waals surface area contributed by atoms with Crippen molar-refractivity contribution in [3.05, 3.63) is 76.3 Å². The molecule has 7 heteroatoms. The van der Waals surface area contributed by atoms with Crippen LogP contribution in [0.15, 0.2) is 48.9 Å². The van der Waals surface area contributed by atoms with Crippen molar-refractivity contribution in [2.45, 2.75) is 25.7 Å². The molecule has 0 fully saturated rings. The Labute approximate surface area is 169 Å². The summed E-state index contributed by atoms with van der Waals surface area (Å²) in [4.78, 5) is 19.6. The van der Waals surface area contributed by atoms with Gasteiger partial charge in [-0.1, -0.05) is 23.7 Å². The molecular weight excluding hydrogens is 383 g/mol. The number of hydrogen-bond donors (Lipinski definition) is 3. The minimum atomic E-state index is -0.285. The minimum absolute atomic E-state index is 0. The molecule has 3 aromatic rings. The minimum Gasteiger partial charge on any atom is -0.351 e. The lowest BCUT2D eigenvalue weighted by molar-refractivity contribution is 0.262. The second-order valence-corrected chi connectivity index (χ2v) is 7.03. The smallest absolute Gasteiger partial charge is 0.323 e. The Morgan fingerprint density at radius 1 is 1.11 bits per heavy atom. The number of imidazole rings is 1. The van der Waals surface area contributed by atoms with Crippen molar-refractivity contribution in [1.82, 2.24) is 9.97 Å². The second kappa shape index (κ2) is 8.03. The number of anilines is 2. The Balaban J connectivity index is 0.00000210. The van der Waals surface area contributed by atoms with Crippen LogP contribution < -0.4 is 10.6 Å².